The van der Waals surface area contributed by atoms with Crippen LogP contribution >= 0.6 is 11.6 Å². The third-order valence-electron chi connectivity index (χ3n) is 4.03. The molecule has 0 saturated carbocycles. The Morgan fingerprint density at radius 1 is 1.30 bits per heavy atom. The van der Waals surface area contributed by atoms with E-state index in [1.165, 1.54) is 17.7 Å². The first kappa shape index (κ1) is 18.5. The Morgan fingerprint density at radius 3 is 2.63 bits per heavy atom. The average molecular weight is 392 g/mol. The summed E-state index contributed by atoms with van der Waals surface area (Å²) < 4.78 is 6.74. The lowest BCUT2D eigenvalue weighted by atomic mass is 10.2. The molecule has 0 aliphatic heterocycles. The van der Waals surface area contributed by atoms with Gasteiger partial charge >= 0.3 is 17.6 Å². The van der Waals surface area contributed by atoms with Crippen molar-refractivity contribution in [3.8, 4) is 5.69 Å². The topological polar surface area (TPSA) is 123 Å². The van der Waals surface area contributed by atoms with Crippen LogP contribution in [0.3, 0.4) is 0 Å². The van der Waals surface area contributed by atoms with E-state index in [2.05, 4.69) is 4.98 Å². The van der Waals surface area contributed by atoms with E-state index in [-0.39, 0.29) is 28.4 Å². The van der Waals surface area contributed by atoms with E-state index < -0.39 is 28.8 Å². The molecule has 3 rings (SSSR count). The van der Waals surface area contributed by atoms with Gasteiger partial charge in [0.25, 0.3) is 5.56 Å². The smallest absolute Gasteiger partial charge is 0.354 e. The maximum absolute atomic E-state index is 12.8. The highest BCUT2D eigenvalue weighted by atomic mass is 35.5. The lowest BCUT2D eigenvalue weighted by molar-refractivity contribution is 0.0522. The molecule has 140 valence electrons. The molecular weight excluding hydrogens is 378 g/mol. The quantitative estimate of drug-likeness (QED) is 0.650. The highest BCUT2D eigenvalue weighted by Gasteiger charge is 2.26. The number of aryl methyl sites for hydroxylation is 1. The highest BCUT2D eigenvalue weighted by molar-refractivity contribution is 6.31. The molecule has 2 heterocycles. The van der Waals surface area contributed by atoms with Gasteiger partial charge in [0, 0.05) is 23.7 Å². The van der Waals surface area contributed by atoms with Gasteiger partial charge in [-0.25, -0.2) is 19.0 Å². The second-order valence-corrected chi connectivity index (χ2v) is 6.03. The SMILES string of the molecule is CCOC(=O)c1c[nH]c(=O)n(-c2c(C(=O)O)n(C)c3ccc(Cl)cc23)c1=O. The van der Waals surface area contributed by atoms with Crippen molar-refractivity contribution >= 4 is 34.4 Å². The van der Waals surface area contributed by atoms with Crippen molar-refractivity contribution in [1.29, 1.82) is 0 Å². The number of hydrogen-bond acceptors (Lipinski definition) is 5. The third kappa shape index (κ3) is 2.91. The van der Waals surface area contributed by atoms with Crippen LogP contribution in [0.1, 0.15) is 27.8 Å². The summed E-state index contributed by atoms with van der Waals surface area (Å²) in [5.41, 5.74) is -2.36. The van der Waals surface area contributed by atoms with E-state index in [0.29, 0.717) is 10.1 Å². The van der Waals surface area contributed by atoms with E-state index in [9.17, 15) is 24.3 Å². The zero-order chi connectivity index (χ0) is 19.9. The Hall–Kier alpha value is -3.33. The Balaban J connectivity index is 2.48. The van der Waals surface area contributed by atoms with Crippen molar-refractivity contribution < 1.29 is 19.4 Å². The monoisotopic (exact) mass is 391 g/mol. The number of nitrogens with zero attached hydrogens (tertiary/aromatic N) is 2. The predicted molar refractivity (Wildman–Crippen MR) is 97.1 cm³/mol. The van der Waals surface area contributed by atoms with Crippen molar-refractivity contribution in [2.24, 2.45) is 7.05 Å². The predicted octanol–water partition coefficient (Wildman–Crippen LogP) is 1.55. The van der Waals surface area contributed by atoms with Crippen LogP contribution < -0.4 is 11.2 Å². The zero-order valence-electron chi connectivity index (χ0n) is 14.3. The molecule has 27 heavy (non-hydrogen) atoms. The van der Waals surface area contributed by atoms with Gasteiger partial charge in [0.2, 0.25) is 0 Å². The van der Waals surface area contributed by atoms with Crippen molar-refractivity contribution in [1.82, 2.24) is 14.1 Å². The molecule has 0 fully saturated rings. The van der Waals surface area contributed by atoms with Gasteiger partial charge in [-0.2, -0.15) is 0 Å². The first-order valence-corrected chi connectivity index (χ1v) is 8.19. The number of aromatic nitrogens is 3. The lowest BCUT2D eigenvalue weighted by Gasteiger charge is -2.08. The number of aromatic amines is 1. The van der Waals surface area contributed by atoms with E-state index >= 15 is 0 Å². The Kier molecular flexibility index (Phi) is 4.63. The molecule has 0 aliphatic carbocycles. The number of ether oxygens (including phenoxy) is 1. The normalized spacial score (nSPS) is 10.9. The summed E-state index contributed by atoms with van der Waals surface area (Å²) in [5.74, 6) is -2.28. The Labute approximate surface area is 156 Å². The van der Waals surface area contributed by atoms with Crippen LogP contribution in [0.25, 0.3) is 16.6 Å². The number of H-pyrrole nitrogens is 1. The zero-order valence-corrected chi connectivity index (χ0v) is 15.0. The molecule has 9 nitrogen and oxygen atoms in total. The Bertz CT molecular complexity index is 1200. The number of halogens is 1. The highest BCUT2D eigenvalue weighted by Crippen LogP contribution is 2.30. The number of carboxylic acids is 1. The van der Waals surface area contributed by atoms with Gasteiger partial charge in [0.1, 0.15) is 5.56 Å². The number of aromatic carboxylic acids is 1. The first-order valence-electron chi connectivity index (χ1n) is 7.81. The van der Waals surface area contributed by atoms with E-state index in [1.807, 2.05) is 0 Å². The second-order valence-electron chi connectivity index (χ2n) is 5.59. The van der Waals surface area contributed by atoms with Crippen LogP contribution in [-0.4, -0.2) is 37.8 Å². The summed E-state index contributed by atoms with van der Waals surface area (Å²) >= 11 is 6.02. The summed E-state index contributed by atoms with van der Waals surface area (Å²) in [6.45, 7) is 1.60. The summed E-state index contributed by atoms with van der Waals surface area (Å²) in [7, 11) is 1.48. The third-order valence-corrected chi connectivity index (χ3v) is 4.27. The fraction of sp³-hybridized carbons (Fsp3) is 0.176. The number of fused-ring (bicyclic) bond motifs is 1. The van der Waals surface area contributed by atoms with Crippen LogP contribution in [0, 0.1) is 0 Å². The number of carbonyl (C=O) groups is 2. The molecule has 0 unspecified atom stereocenters. The molecule has 0 saturated heterocycles. The number of rotatable bonds is 4. The molecule has 0 amide bonds. The minimum Gasteiger partial charge on any atom is -0.477 e. The number of hydrogen-bond donors (Lipinski definition) is 2. The minimum absolute atomic E-state index is 0.0294. The van der Waals surface area contributed by atoms with Crippen molar-refractivity contribution in [3.63, 3.8) is 0 Å². The van der Waals surface area contributed by atoms with Crippen LogP contribution in [0.5, 0.6) is 0 Å². The summed E-state index contributed by atoms with van der Waals surface area (Å²) in [6.07, 6.45) is 0.942. The van der Waals surface area contributed by atoms with Crippen molar-refractivity contribution in [3.05, 3.63) is 61.5 Å². The summed E-state index contributed by atoms with van der Waals surface area (Å²) in [4.78, 5) is 51.3. The summed E-state index contributed by atoms with van der Waals surface area (Å²) in [6, 6.07) is 4.57. The molecular formula is C17H14ClN3O6. The fourth-order valence-corrected chi connectivity index (χ4v) is 3.07. The van der Waals surface area contributed by atoms with Gasteiger partial charge < -0.3 is 19.4 Å². The molecule has 0 aliphatic rings. The van der Waals surface area contributed by atoms with Crippen LogP contribution in [0.4, 0.5) is 0 Å². The second kappa shape index (κ2) is 6.76. The molecule has 1 aromatic carbocycles. The van der Waals surface area contributed by atoms with Gasteiger partial charge in [-0.05, 0) is 25.1 Å². The van der Waals surface area contributed by atoms with E-state index in [1.54, 1.807) is 19.1 Å². The van der Waals surface area contributed by atoms with Crippen LogP contribution in [-0.2, 0) is 11.8 Å². The molecule has 0 atom stereocenters. The molecule has 0 bridgehead atoms. The van der Waals surface area contributed by atoms with Gasteiger partial charge in [0.05, 0.1) is 17.8 Å². The number of carboxylic acid groups (broad SMARTS) is 1. The van der Waals surface area contributed by atoms with E-state index in [4.69, 9.17) is 16.3 Å². The molecule has 2 N–H and O–H groups in total. The fourth-order valence-electron chi connectivity index (χ4n) is 2.90. The van der Waals surface area contributed by atoms with Gasteiger partial charge in [-0.15, -0.1) is 0 Å². The molecule has 10 heteroatoms. The summed E-state index contributed by atoms with van der Waals surface area (Å²) in [5, 5.41) is 10.2. The number of carbonyl (C=O) groups excluding carboxylic acids is 1. The molecule has 2 aromatic heterocycles. The number of esters is 1. The van der Waals surface area contributed by atoms with Gasteiger partial charge in [-0.1, -0.05) is 11.6 Å². The number of nitrogens with one attached hydrogen (secondary N) is 1. The van der Waals surface area contributed by atoms with Gasteiger partial charge in [0.15, 0.2) is 5.69 Å². The van der Waals surface area contributed by atoms with Crippen molar-refractivity contribution in [2.75, 3.05) is 6.61 Å². The lowest BCUT2D eigenvalue weighted by Crippen LogP contribution is -2.38. The maximum Gasteiger partial charge on any atom is 0.354 e. The Morgan fingerprint density at radius 2 is 2.00 bits per heavy atom. The first-order chi connectivity index (χ1) is 12.8. The molecule has 0 radical (unpaired) electrons. The molecule has 0 spiro atoms. The van der Waals surface area contributed by atoms with Crippen LogP contribution in [0.2, 0.25) is 5.02 Å². The maximum atomic E-state index is 12.8. The number of benzene rings is 1. The van der Waals surface area contributed by atoms with Gasteiger partial charge in [-0.3, -0.25) is 4.79 Å². The molecule has 3 aromatic rings. The van der Waals surface area contributed by atoms with Crippen molar-refractivity contribution in [2.45, 2.75) is 6.92 Å². The standard InChI is InChI=1S/C17H14ClN3O6/c1-3-27-16(25)10-7-19-17(26)21(14(10)22)12-9-6-8(18)4-5-11(9)20(2)13(12)15(23)24/h4-7H,3H2,1-2H3,(H,19,26)(H,23,24). The largest absolute Gasteiger partial charge is 0.477 e. The minimum atomic E-state index is -1.35. The average Bonchev–Trinajstić information content (AvgIpc) is 2.87. The van der Waals surface area contributed by atoms with E-state index in [0.717, 1.165) is 6.20 Å². The van der Waals surface area contributed by atoms with Crippen LogP contribution in [0.15, 0.2) is 34.0 Å².